The van der Waals surface area contributed by atoms with Gasteiger partial charge < -0.3 is 16.0 Å². The second-order valence-electron chi connectivity index (χ2n) is 6.96. The highest BCUT2D eigenvalue weighted by Crippen LogP contribution is 2.37. The lowest BCUT2D eigenvalue weighted by Gasteiger charge is -2.23. The van der Waals surface area contributed by atoms with Gasteiger partial charge in [-0.05, 0) is 49.7 Å². The number of nitrogens with zero attached hydrogens (tertiary/aromatic N) is 3. The van der Waals surface area contributed by atoms with Gasteiger partial charge in [-0.25, -0.2) is 0 Å². The summed E-state index contributed by atoms with van der Waals surface area (Å²) >= 11 is 0. The van der Waals surface area contributed by atoms with Gasteiger partial charge in [0.15, 0.2) is 0 Å². The van der Waals surface area contributed by atoms with Crippen molar-refractivity contribution in [2.45, 2.75) is 20.4 Å². The summed E-state index contributed by atoms with van der Waals surface area (Å²) in [6.45, 7) is 4.11. The number of amides is 2. The first-order valence-corrected chi connectivity index (χ1v) is 8.97. The van der Waals surface area contributed by atoms with Gasteiger partial charge in [0.05, 0.1) is 23.6 Å². The van der Waals surface area contributed by atoms with Crippen LogP contribution < -0.4 is 16.0 Å². The lowest BCUT2D eigenvalue weighted by atomic mass is 10.0. The molecule has 4 rings (SSSR count). The predicted molar refractivity (Wildman–Crippen MR) is 108 cm³/mol. The third kappa shape index (κ3) is 2.81. The Balaban J connectivity index is 1.81. The summed E-state index contributed by atoms with van der Waals surface area (Å²) in [5, 5.41) is 7.89. The quantitative estimate of drug-likeness (QED) is 0.720. The highest BCUT2D eigenvalue weighted by molar-refractivity contribution is 6.09. The van der Waals surface area contributed by atoms with Gasteiger partial charge in [-0.1, -0.05) is 12.1 Å². The molecule has 0 saturated carbocycles. The van der Waals surface area contributed by atoms with E-state index in [9.17, 15) is 9.59 Å². The Kier molecular flexibility index (Phi) is 4.15. The van der Waals surface area contributed by atoms with Crippen molar-refractivity contribution < 1.29 is 9.59 Å². The Hall–Kier alpha value is -3.61. The van der Waals surface area contributed by atoms with Crippen molar-refractivity contribution in [1.82, 2.24) is 9.78 Å². The van der Waals surface area contributed by atoms with E-state index in [1.165, 1.54) is 0 Å². The molecule has 1 aliphatic heterocycles. The number of hydrogen-bond acceptors (Lipinski definition) is 4. The van der Waals surface area contributed by atoms with E-state index in [2.05, 4.69) is 10.4 Å². The highest BCUT2D eigenvalue weighted by Gasteiger charge is 2.28. The first-order chi connectivity index (χ1) is 13.4. The molecule has 3 N–H and O–H groups in total. The number of carbonyl (C=O) groups excluding carboxylic acids is 2. The Morgan fingerprint density at radius 1 is 1.14 bits per heavy atom. The number of primary amides is 1. The maximum atomic E-state index is 13.4. The van der Waals surface area contributed by atoms with Crippen LogP contribution in [0.4, 0.5) is 17.2 Å². The van der Waals surface area contributed by atoms with Gasteiger partial charge in [-0.15, -0.1) is 0 Å². The van der Waals surface area contributed by atoms with Gasteiger partial charge >= 0.3 is 0 Å². The monoisotopic (exact) mass is 375 g/mol. The van der Waals surface area contributed by atoms with E-state index in [-0.39, 0.29) is 5.91 Å². The topological polar surface area (TPSA) is 93.2 Å². The number of hydrogen-bond donors (Lipinski definition) is 2. The molecule has 2 heterocycles. The zero-order chi connectivity index (χ0) is 20.0. The number of carbonyl (C=O) groups is 2. The second kappa shape index (κ2) is 6.53. The molecule has 7 heteroatoms. The van der Waals surface area contributed by atoms with Gasteiger partial charge in [-0.3, -0.25) is 14.3 Å². The molecule has 0 unspecified atom stereocenters. The molecular formula is C21H21N5O2. The van der Waals surface area contributed by atoms with Crippen LogP contribution in [0, 0.1) is 13.8 Å². The fourth-order valence-corrected chi connectivity index (χ4v) is 3.64. The number of benzene rings is 2. The lowest BCUT2D eigenvalue weighted by molar-refractivity contribution is 0.0978. The Bertz CT molecular complexity index is 1120. The molecule has 1 aromatic heterocycles. The predicted octanol–water partition coefficient (Wildman–Crippen LogP) is 3.04. The molecule has 0 aliphatic carbocycles. The van der Waals surface area contributed by atoms with E-state index >= 15 is 0 Å². The summed E-state index contributed by atoms with van der Waals surface area (Å²) in [6, 6.07) is 12.6. The third-order valence-corrected chi connectivity index (χ3v) is 5.09. The smallest absolute Gasteiger partial charge is 0.258 e. The van der Waals surface area contributed by atoms with Crippen molar-refractivity contribution in [3.63, 3.8) is 0 Å². The maximum Gasteiger partial charge on any atom is 0.258 e. The first kappa shape index (κ1) is 17.8. The molecule has 0 fully saturated rings. The number of para-hydroxylation sites is 2. The zero-order valence-electron chi connectivity index (χ0n) is 16.0. The normalized spacial score (nSPS) is 12.6. The third-order valence-electron chi connectivity index (χ3n) is 5.09. The molecular weight excluding hydrogens is 354 g/mol. The molecule has 1 aliphatic rings. The molecule has 28 heavy (non-hydrogen) atoms. The van der Waals surface area contributed by atoms with E-state index in [0.29, 0.717) is 23.2 Å². The summed E-state index contributed by atoms with van der Waals surface area (Å²) < 4.78 is 1.79. The largest absolute Gasteiger partial charge is 0.366 e. The van der Waals surface area contributed by atoms with E-state index in [4.69, 9.17) is 5.73 Å². The molecule has 0 spiro atoms. The SMILES string of the molecule is Cc1cc(C(=O)N2Cc3c(C)nn(C)c3Nc3ccccc32)ccc1C(N)=O. The van der Waals surface area contributed by atoms with Crippen LogP contribution in [0.25, 0.3) is 0 Å². The van der Waals surface area contributed by atoms with Crippen LogP contribution in [0.15, 0.2) is 42.5 Å². The molecule has 0 atom stereocenters. The van der Waals surface area contributed by atoms with Gasteiger partial charge in [0.2, 0.25) is 5.91 Å². The number of nitrogens with one attached hydrogen (secondary N) is 1. The minimum atomic E-state index is -0.503. The van der Waals surface area contributed by atoms with Crippen LogP contribution in [0.3, 0.4) is 0 Å². The van der Waals surface area contributed by atoms with Crippen LogP contribution in [0.1, 0.15) is 37.5 Å². The van der Waals surface area contributed by atoms with E-state index in [1.807, 2.05) is 38.2 Å². The standard InChI is InChI=1S/C21H21N5O2/c1-12-10-14(8-9-15(12)19(22)27)21(28)26-11-16-13(2)24-25(3)20(16)23-17-6-4-5-7-18(17)26/h4-10,23H,11H2,1-3H3,(H2,22,27). The summed E-state index contributed by atoms with van der Waals surface area (Å²) in [7, 11) is 1.88. The highest BCUT2D eigenvalue weighted by atomic mass is 16.2. The summed E-state index contributed by atoms with van der Waals surface area (Å²) in [4.78, 5) is 26.7. The number of aromatic nitrogens is 2. The summed E-state index contributed by atoms with van der Waals surface area (Å²) in [5.41, 5.74) is 10.5. The first-order valence-electron chi connectivity index (χ1n) is 8.97. The molecule has 142 valence electrons. The van der Waals surface area contributed by atoms with Crippen molar-refractivity contribution in [3.8, 4) is 0 Å². The number of aryl methyl sites for hydroxylation is 3. The number of anilines is 3. The maximum absolute atomic E-state index is 13.4. The molecule has 0 saturated heterocycles. The zero-order valence-corrected chi connectivity index (χ0v) is 16.0. The minimum Gasteiger partial charge on any atom is -0.366 e. The minimum absolute atomic E-state index is 0.149. The molecule has 7 nitrogen and oxygen atoms in total. The van der Waals surface area contributed by atoms with E-state index in [1.54, 1.807) is 34.7 Å². The van der Waals surface area contributed by atoms with E-state index < -0.39 is 5.91 Å². The summed E-state index contributed by atoms with van der Waals surface area (Å²) in [6.07, 6.45) is 0. The Morgan fingerprint density at radius 2 is 1.89 bits per heavy atom. The number of rotatable bonds is 2. The van der Waals surface area contributed by atoms with Crippen molar-refractivity contribution >= 4 is 29.0 Å². The average Bonchev–Trinajstić information content (AvgIpc) is 2.83. The van der Waals surface area contributed by atoms with Crippen molar-refractivity contribution in [1.29, 1.82) is 0 Å². The van der Waals surface area contributed by atoms with Crippen molar-refractivity contribution in [2.24, 2.45) is 12.8 Å². The van der Waals surface area contributed by atoms with Gasteiger partial charge in [0.25, 0.3) is 5.91 Å². The van der Waals surface area contributed by atoms with Crippen LogP contribution >= 0.6 is 0 Å². The molecule has 2 aromatic carbocycles. The molecule has 0 bridgehead atoms. The Morgan fingerprint density at radius 3 is 2.61 bits per heavy atom. The molecule has 0 radical (unpaired) electrons. The Labute approximate surface area is 162 Å². The second-order valence-corrected chi connectivity index (χ2v) is 6.96. The summed E-state index contributed by atoms with van der Waals surface area (Å²) in [5.74, 6) is 0.224. The van der Waals surface area contributed by atoms with Crippen molar-refractivity contribution in [2.75, 3.05) is 10.2 Å². The van der Waals surface area contributed by atoms with E-state index in [0.717, 1.165) is 28.5 Å². The van der Waals surface area contributed by atoms with Crippen LogP contribution in [0.5, 0.6) is 0 Å². The lowest BCUT2D eigenvalue weighted by Crippen LogP contribution is -2.30. The van der Waals surface area contributed by atoms with Gasteiger partial charge in [0.1, 0.15) is 5.82 Å². The average molecular weight is 375 g/mol. The number of fused-ring (bicyclic) bond motifs is 2. The number of nitrogens with two attached hydrogens (primary N) is 1. The fraction of sp³-hybridized carbons (Fsp3) is 0.190. The van der Waals surface area contributed by atoms with Gasteiger partial charge in [0, 0.05) is 23.7 Å². The van der Waals surface area contributed by atoms with Crippen LogP contribution in [-0.2, 0) is 13.6 Å². The molecule has 3 aromatic rings. The van der Waals surface area contributed by atoms with Crippen LogP contribution in [-0.4, -0.2) is 21.6 Å². The van der Waals surface area contributed by atoms with Gasteiger partial charge in [-0.2, -0.15) is 5.10 Å². The van der Waals surface area contributed by atoms with Crippen LogP contribution in [0.2, 0.25) is 0 Å². The molecule has 2 amide bonds. The fourth-order valence-electron chi connectivity index (χ4n) is 3.64. The van der Waals surface area contributed by atoms with Crippen molar-refractivity contribution in [3.05, 3.63) is 70.4 Å².